The number of amides is 1. The molecule has 1 atom stereocenters. The zero-order valence-corrected chi connectivity index (χ0v) is 21.2. The van der Waals surface area contributed by atoms with E-state index in [1.807, 2.05) is 24.3 Å². The van der Waals surface area contributed by atoms with E-state index >= 15 is 0 Å². The van der Waals surface area contributed by atoms with E-state index in [-0.39, 0.29) is 16.9 Å². The summed E-state index contributed by atoms with van der Waals surface area (Å²) in [6.45, 7) is 7.16. The molecule has 0 aliphatic carbocycles. The smallest absolute Gasteiger partial charge is 0.295 e. The van der Waals surface area contributed by atoms with Gasteiger partial charge in [-0.05, 0) is 62.0 Å². The van der Waals surface area contributed by atoms with Crippen molar-refractivity contribution in [2.45, 2.75) is 26.3 Å². The molecule has 3 rings (SSSR count). The van der Waals surface area contributed by atoms with Crippen molar-refractivity contribution >= 4 is 49.3 Å². The van der Waals surface area contributed by atoms with Crippen molar-refractivity contribution in [2.24, 2.45) is 0 Å². The second-order valence-corrected chi connectivity index (χ2v) is 9.42. The van der Waals surface area contributed by atoms with Gasteiger partial charge in [0.25, 0.3) is 11.7 Å². The molecule has 1 aliphatic rings. The Bertz CT molecular complexity index is 1050. The Morgan fingerprint density at radius 3 is 2.41 bits per heavy atom. The fraction of sp³-hybridized carbons (Fsp3) is 0.333. The van der Waals surface area contributed by atoms with Gasteiger partial charge in [0.05, 0.1) is 17.2 Å². The van der Waals surface area contributed by atoms with Crippen LogP contribution in [0.3, 0.4) is 0 Å². The number of carbonyl (C=O) groups is 2. The van der Waals surface area contributed by atoms with Crippen LogP contribution in [0.1, 0.15) is 37.4 Å². The molecule has 1 unspecified atom stereocenters. The summed E-state index contributed by atoms with van der Waals surface area (Å²) in [6.07, 6.45) is 0.696. The predicted octanol–water partition coefficient (Wildman–Crippen LogP) is 5.07. The van der Waals surface area contributed by atoms with Gasteiger partial charge in [-0.2, -0.15) is 0 Å². The molecule has 2 N–H and O–H groups in total. The van der Waals surface area contributed by atoms with Crippen LogP contribution >= 0.6 is 31.9 Å². The molecule has 8 heteroatoms. The maximum absolute atomic E-state index is 13.1. The van der Waals surface area contributed by atoms with E-state index in [0.717, 1.165) is 24.1 Å². The second kappa shape index (κ2) is 10.6. The highest BCUT2D eigenvalue weighted by atomic mass is 79.9. The largest absolute Gasteiger partial charge is 0.507 e. The maximum atomic E-state index is 13.1. The molecule has 0 saturated carbocycles. The Labute approximate surface area is 204 Å². The lowest BCUT2D eigenvalue weighted by molar-refractivity contribution is -0.140. The van der Waals surface area contributed by atoms with E-state index in [4.69, 9.17) is 0 Å². The van der Waals surface area contributed by atoms with Gasteiger partial charge >= 0.3 is 0 Å². The molecule has 2 aromatic carbocycles. The van der Waals surface area contributed by atoms with Crippen LogP contribution in [0.5, 0.6) is 5.75 Å². The maximum Gasteiger partial charge on any atom is 0.295 e. The average Bonchev–Trinajstić information content (AvgIpc) is 3.03. The number of phenols is 1. The SMILES string of the molecule is CCN(CC)CCCN1C(=O)C(=O)/C(=C(/O)c2cc(Br)ccc2O)C1c1cccc(Br)c1. The van der Waals surface area contributed by atoms with Crippen LogP contribution < -0.4 is 0 Å². The number of aliphatic hydroxyl groups is 1. The number of nitrogens with zero attached hydrogens (tertiary/aromatic N) is 2. The van der Waals surface area contributed by atoms with Gasteiger partial charge in [-0.3, -0.25) is 9.59 Å². The summed E-state index contributed by atoms with van der Waals surface area (Å²) in [5, 5.41) is 21.4. The van der Waals surface area contributed by atoms with Crippen molar-refractivity contribution in [1.29, 1.82) is 0 Å². The van der Waals surface area contributed by atoms with Crippen LogP contribution in [-0.2, 0) is 9.59 Å². The van der Waals surface area contributed by atoms with E-state index in [0.29, 0.717) is 23.0 Å². The van der Waals surface area contributed by atoms with Gasteiger partial charge in [0.1, 0.15) is 11.5 Å². The van der Waals surface area contributed by atoms with Crippen LogP contribution in [0.2, 0.25) is 0 Å². The molecule has 1 fully saturated rings. The minimum absolute atomic E-state index is 0.0238. The van der Waals surface area contributed by atoms with Crippen LogP contribution in [-0.4, -0.2) is 57.9 Å². The number of carbonyl (C=O) groups excluding carboxylic acids is 2. The molecule has 1 amide bonds. The minimum Gasteiger partial charge on any atom is -0.507 e. The molecular weight excluding hydrogens is 540 g/mol. The lowest BCUT2D eigenvalue weighted by Gasteiger charge is -2.27. The monoisotopic (exact) mass is 564 g/mol. The number of hydrogen-bond acceptors (Lipinski definition) is 5. The molecule has 0 radical (unpaired) electrons. The van der Waals surface area contributed by atoms with Gasteiger partial charge in [0.2, 0.25) is 0 Å². The first-order valence-electron chi connectivity index (χ1n) is 10.5. The van der Waals surface area contributed by atoms with Crippen LogP contribution in [0, 0.1) is 0 Å². The molecule has 0 bridgehead atoms. The summed E-state index contributed by atoms with van der Waals surface area (Å²) < 4.78 is 1.43. The van der Waals surface area contributed by atoms with Crippen LogP contribution in [0.25, 0.3) is 5.76 Å². The van der Waals surface area contributed by atoms with E-state index in [1.54, 1.807) is 6.07 Å². The molecule has 32 heavy (non-hydrogen) atoms. The molecule has 6 nitrogen and oxygen atoms in total. The first-order valence-corrected chi connectivity index (χ1v) is 12.1. The number of hydrogen-bond donors (Lipinski definition) is 2. The summed E-state index contributed by atoms with van der Waals surface area (Å²) in [5.74, 6) is -1.97. The molecule has 0 spiro atoms. The molecule has 1 heterocycles. The third-order valence-corrected chi connectivity index (χ3v) is 6.67. The van der Waals surface area contributed by atoms with E-state index in [9.17, 15) is 19.8 Å². The van der Waals surface area contributed by atoms with Crippen molar-refractivity contribution in [3.05, 3.63) is 68.1 Å². The zero-order valence-electron chi connectivity index (χ0n) is 18.0. The summed E-state index contributed by atoms with van der Waals surface area (Å²) in [4.78, 5) is 29.9. The van der Waals surface area contributed by atoms with Crippen molar-refractivity contribution in [1.82, 2.24) is 9.80 Å². The highest BCUT2D eigenvalue weighted by molar-refractivity contribution is 9.10. The Morgan fingerprint density at radius 1 is 1.06 bits per heavy atom. The highest BCUT2D eigenvalue weighted by Gasteiger charge is 2.46. The summed E-state index contributed by atoms with van der Waals surface area (Å²) in [7, 11) is 0. The average molecular weight is 566 g/mol. The summed E-state index contributed by atoms with van der Waals surface area (Å²) in [5.41, 5.74) is 0.780. The number of benzene rings is 2. The fourth-order valence-electron chi connectivity index (χ4n) is 3.98. The molecule has 1 saturated heterocycles. The normalized spacial score (nSPS) is 18.0. The number of rotatable bonds is 8. The Balaban J connectivity index is 2.08. The number of ketones is 1. The van der Waals surface area contributed by atoms with Crippen molar-refractivity contribution in [3.63, 3.8) is 0 Å². The third kappa shape index (κ3) is 5.08. The van der Waals surface area contributed by atoms with Crippen molar-refractivity contribution in [2.75, 3.05) is 26.2 Å². The van der Waals surface area contributed by atoms with Crippen LogP contribution in [0.4, 0.5) is 0 Å². The third-order valence-electron chi connectivity index (χ3n) is 5.69. The van der Waals surface area contributed by atoms with Gasteiger partial charge in [-0.1, -0.05) is 57.8 Å². The lowest BCUT2D eigenvalue weighted by Crippen LogP contribution is -2.33. The Hall–Kier alpha value is -2.16. The van der Waals surface area contributed by atoms with Gasteiger partial charge in [-0.25, -0.2) is 0 Å². The molecule has 0 aromatic heterocycles. The van der Waals surface area contributed by atoms with Crippen molar-refractivity contribution in [3.8, 4) is 5.75 Å². The molecule has 170 valence electrons. The van der Waals surface area contributed by atoms with Crippen molar-refractivity contribution < 1.29 is 19.8 Å². The first-order chi connectivity index (χ1) is 15.3. The van der Waals surface area contributed by atoms with E-state index in [1.165, 1.54) is 17.0 Å². The predicted molar refractivity (Wildman–Crippen MR) is 131 cm³/mol. The quantitative estimate of drug-likeness (QED) is 0.265. The number of aromatic hydroxyl groups is 1. The van der Waals surface area contributed by atoms with Crippen LogP contribution in [0.15, 0.2) is 57.0 Å². The standard InChI is InChI=1S/C24H26Br2N2O4/c1-3-27(4-2)11-6-12-28-21(15-7-5-8-16(25)13-15)20(23(31)24(28)32)22(30)18-14-17(26)9-10-19(18)29/h5,7-10,13-14,21,29-30H,3-4,6,11-12H2,1-2H3/b22-20+. The summed E-state index contributed by atoms with van der Waals surface area (Å²) in [6, 6.07) is 11.2. The minimum atomic E-state index is -0.755. The number of aliphatic hydroxyl groups excluding tert-OH is 1. The van der Waals surface area contributed by atoms with Gasteiger partial charge in [0, 0.05) is 15.5 Å². The van der Waals surface area contributed by atoms with Gasteiger partial charge in [0.15, 0.2) is 0 Å². The lowest BCUT2D eigenvalue weighted by atomic mass is 9.95. The van der Waals surface area contributed by atoms with E-state index < -0.39 is 23.5 Å². The number of phenolic OH excluding ortho intramolecular Hbond substituents is 1. The Kier molecular flexibility index (Phi) is 8.14. The second-order valence-electron chi connectivity index (χ2n) is 7.59. The fourth-order valence-corrected chi connectivity index (χ4v) is 4.76. The number of halogens is 2. The Morgan fingerprint density at radius 2 is 1.75 bits per heavy atom. The molecule has 1 aliphatic heterocycles. The summed E-state index contributed by atoms with van der Waals surface area (Å²) >= 11 is 6.78. The van der Waals surface area contributed by atoms with Gasteiger partial charge < -0.3 is 20.0 Å². The van der Waals surface area contributed by atoms with Gasteiger partial charge in [-0.15, -0.1) is 0 Å². The highest BCUT2D eigenvalue weighted by Crippen LogP contribution is 2.41. The molecule has 2 aromatic rings. The topological polar surface area (TPSA) is 81.1 Å². The zero-order chi connectivity index (χ0) is 23.4. The number of likely N-dealkylation sites (tertiary alicyclic amines) is 1. The van der Waals surface area contributed by atoms with E-state index in [2.05, 4.69) is 50.6 Å². The number of Topliss-reactive ketones (excluding diaryl/α,β-unsaturated/α-hetero) is 1. The molecular formula is C24H26Br2N2O4. The first kappa shape index (κ1) is 24.5.